The zero-order chi connectivity index (χ0) is 11.5. The van der Waals surface area contributed by atoms with Crippen LogP contribution < -0.4 is 5.43 Å². The van der Waals surface area contributed by atoms with Gasteiger partial charge in [0.25, 0.3) is 0 Å². The van der Waals surface area contributed by atoms with E-state index in [9.17, 15) is 0 Å². The maximum atomic E-state index is 4.38. The average molecular weight is 210 g/mol. The molecule has 0 aromatic heterocycles. The average Bonchev–Trinajstić information content (AvgIpc) is 2.24. The molecule has 0 amide bonds. The molecule has 0 aliphatic rings. The van der Waals surface area contributed by atoms with Crippen molar-refractivity contribution < 1.29 is 0 Å². The lowest BCUT2D eigenvalue weighted by Gasteiger charge is -2.15. The van der Waals surface area contributed by atoms with E-state index >= 15 is 0 Å². The van der Waals surface area contributed by atoms with Gasteiger partial charge >= 0.3 is 0 Å². The quantitative estimate of drug-likeness (QED) is 0.479. The van der Waals surface area contributed by atoms with Crippen LogP contribution in [-0.4, -0.2) is 12.8 Å². The van der Waals surface area contributed by atoms with E-state index in [-0.39, 0.29) is 0 Å². The smallest absolute Gasteiger partial charge is 0.0630 e. The first-order valence-electron chi connectivity index (χ1n) is 6.20. The van der Waals surface area contributed by atoms with Gasteiger partial charge in [0.15, 0.2) is 0 Å². The minimum atomic E-state index is 0.621. The van der Waals surface area contributed by atoms with E-state index in [4.69, 9.17) is 0 Å². The van der Waals surface area contributed by atoms with Gasteiger partial charge in [-0.2, -0.15) is 5.10 Å². The van der Waals surface area contributed by atoms with E-state index in [1.807, 2.05) is 7.05 Å². The molecule has 0 radical (unpaired) electrons. The van der Waals surface area contributed by atoms with Crippen LogP contribution in [0.3, 0.4) is 0 Å². The molecule has 1 N–H and O–H groups in total. The number of hydrogen-bond acceptors (Lipinski definition) is 2. The lowest BCUT2D eigenvalue weighted by molar-refractivity contribution is 0.556. The first kappa shape index (κ1) is 14.2. The lowest BCUT2D eigenvalue weighted by Crippen LogP contribution is -2.15. The summed E-state index contributed by atoms with van der Waals surface area (Å²) < 4.78 is 0. The second kappa shape index (κ2) is 9.75. The van der Waals surface area contributed by atoms with E-state index in [0.29, 0.717) is 5.92 Å². The fraction of sp³-hybridized carbons (Fsp3) is 0.769. The van der Waals surface area contributed by atoms with E-state index in [1.165, 1.54) is 31.4 Å². The summed E-state index contributed by atoms with van der Waals surface area (Å²) in [6.07, 6.45) is 10.4. The molecule has 0 aromatic rings. The van der Waals surface area contributed by atoms with Crippen molar-refractivity contribution in [2.75, 3.05) is 7.05 Å². The van der Waals surface area contributed by atoms with Gasteiger partial charge in [0.1, 0.15) is 0 Å². The molecule has 0 unspecified atom stereocenters. The van der Waals surface area contributed by atoms with Crippen LogP contribution in [0.4, 0.5) is 0 Å². The summed E-state index contributed by atoms with van der Waals surface area (Å²) in [7, 11) is 1.87. The first-order chi connectivity index (χ1) is 7.29. The summed E-state index contributed by atoms with van der Waals surface area (Å²) in [4.78, 5) is 0. The topological polar surface area (TPSA) is 24.4 Å². The Morgan fingerprint density at radius 2 is 1.80 bits per heavy atom. The van der Waals surface area contributed by atoms with Gasteiger partial charge in [-0.3, -0.25) is 0 Å². The number of allylic oxidation sites excluding steroid dienone is 2. The Labute approximate surface area is 94.8 Å². The standard InChI is InChI=1S/C13H26N2/c1-5-8-11-13(15-14-4)12(9-6-2)10-7-3/h8,11-12,14H,5-7,9-10H2,1-4H3/b11-8-,15-13+. The fourth-order valence-electron chi connectivity index (χ4n) is 1.77. The Kier molecular flexibility index (Phi) is 9.24. The van der Waals surface area contributed by atoms with E-state index in [2.05, 4.69) is 43.5 Å². The molecule has 0 saturated carbocycles. The fourth-order valence-corrected chi connectivity index (χ4v) is 1.77. The highest BCUT2D eigenvalue weighted by Gasteiger charge is 2.11. The van der Waals surface area contributed by atoms with Crippen molar-refractivity contribution >= 4 is 5.71 Å². The van der Waals surface area contributed by atoms with E-state index < -0.39 is 0 Å². The number of nitrogens with one attached hydrogen (secondary N) is 1. The molecule has 88 valence electrons. The van der Waals surface area contributed by atoms with Gasteiger partial charge in [-0.1, -0.05) is 39.7 Å². The summed E-state index contributed by atoms with van der Waals surface area (Å²) in [5.74, 6) is 0.621. The molecule has 15 heavy (non-hydrogen) atoms. The predicted molar refractivity (Wildman–Crippen MR) is 69.2 cm³/mol. The maximum absolute atomic E-state index is 4.38. The third kappa shape index (κ3) is 6.32. The molecule has 0 rings (SSSR count). The maximum Gasteiger partial charge on any atom is 0.0630 e. The zero-order valence-corrected chi connectivity index (χ0v) is 10.7. The first-order valence-corrected chi connectivity index (χ1v) is 6.20. The van der Waals surface area contributed by atoms with Gasteiger partial charge in [-0.25, -0.2) is 0 Å². The molecular weight excluding hydrogens is 184 g/mol. The second-order valence-corrected chi connectivity index (χ2v) is 3.85. The van der Waals surface area contributed by atoms with E-state index in [0.717, 1.165) is 6.42 Å². The van der Waals surface area contributed by atoms with Crippen molar-refractivity contribution in [3.8, 4) is 0 Å². The van der Waals surface area contributed by atoms with Crippen LogP contribution in [0, 0.1) is 5.92 Å². The van der Waals surface area contributed by atoms with Crippen LogP contribution in [0.15, 0.2) is 17.3 Å². The monoisotopic (exact) mass is 210 g/mol. The number of hydrazone groups is 1. The Bertz CT molecular complexity index is 189. The molecule has 0 aliphatic heterocycles. The van der Waals surface area contributed by atoms with Crippen molar-refractivity contribution in [2.45, 2.75) is 52.9 Å². The van der Waals surface area contributed by atoms with Crippen LogP contribution in [0.2, 0.25) is 0 Å². The number of hydrogen-bond donors (Lipinski definition) is 1. The Morgan fingerprint density at radius 3 is 2.20 bits per heavy atom. The van der Waals surface area contributed by atoms with Crippen LogP contribution in [-0.2, 0) is 0 Å². The molecule has 0 heterocycles. The van der Waals surface area contributed by atoms with Crippen LogP contribution in [0.5, 0.6) is 0 Å². The summed E-state index contributed by atoms with van der Waals surface area (Å²) >= 11 is 0. The van der Waals surface area contributed by atoms with Gasteiger partial charge in [-0.15, -0.1) is 0 Å². The summed E-state index contributed by atoms with van der Waals surface area (Å²) in [6.45, 7) is 6.63. The van der Waals surface area contributed by atoms with Crippen molar-refractivity contribution in [1.82, 2.24) is 5.43 Å². The minimum absolute atomic E-state index is 0.621. The molecular formula is C13H26N2. The van der Waals surface area contributed by atoms with Gasteiger partial charge in [0, 0.05) is 13.0 Å². The zero-order valence-electron chi connectivity index (χ0n) is 10.7. The number of rotatable bonds is 8. The molecule has 2 nitrogen and oxygen atoms in total. The van der Waals surface area contributed by atoms with Crippen LogP contribution >= 0.6 is 0 Å². The third-order valence-corrected chi connectivity index (χ3v) is 2.46. The second-order valence-electron chi connectivity index (χ2n) is 3.85. The Balaban J connectivity index is 4.51. The molecule has 0 saturated heterocycles. The predicted octanol–water partition coefficient (Wildman–Crippen LogP) is 3.74. The normalized spacial score (nSPS) is 12.7. The molecule has 0 bridgehead atoms. The Morgan fingerprint density at radius 1 is 1.20 bits per heavy atom. The van der Waals surface area contributed by atoms with Gasteiger partial charge in [-0.05, 0) is 25.3 Å². The largest absolute Gasteiger partial charge is 0.313 e. The molecule has 0 fully saturated rings. The highest BCUT2D eigenvalue weighted by molar-refractivity contribution is 5.96. The Hall–Kier alpha value is -0.790. The minimum Gasteiger partial charge on any atom is -0.313 e. The lowest BCUT2D eigenvalue weighted by atomic mass is 9.92. The number of nitrogens with zero attached hydrogens (tertiary/aromatic N) is 1. The van der Waals surface area contributed by atoms with Crippen molar-refractivity contribution in [3.05, 3.63) is 12.2 Å². The molecule has 0 spiro atoms. The highest BCUT2D eigenvalue weighted by atomic mass is 15.3. The van der Waals surface area contributed by atoms with Gasteiger partial charge < -0.3 is 5.43 Å². The van der Waals surface area contributed by atoms with Crippen LogP contribution in [0.25, 0.3) is 0 Å². The molecule has 2 heteroatoms. The molecule has 0 atom stereocenters. The highest BCUT2D eigenvalue weighted by Crippen LogP contribution is 2.16. The molecule has 0 aliphatic carbocycles. The van der Waals surface area contributed by atoms with Gasteiger partial charge in [0.05, 0.1) is 5.71 Å². The van der Waals surface area contributed by atoms with Crippen molar-refractivity contribution in [3.63, 3.8) is 0 Å². The van der Waals surface area contributed by atoms with Crippen LogP contribution in [0.1, 0.15) is 52.9 Å². The van der Waals surface area contributed by atoms with Crippen molar-refractivity contribution in [2.24, 2.45) is 11.0 Å². The third-order valence-electron chi connectivity index (χ3n) is 2.46. The summed E-state index contributed by atoms with van der Waals surface area (Å²) in [5, 5.41) is 4.38. The van der Waals surface area contributed by atoms with Crippen molar-refractivity contribution in [1.29, 1.82) is 0 Å². The molecule has 0 aromatic carbocycles. The van der Waals surface area contributed by atoms with E-state index in [1.54, 1.807) is 0 Å². The summed E-state index contributed by atoms with van der Waals surface area (Å²) in [5.41, 5.74) is 4.12. The SMILES string of the molecule is CC/C=C\C(=N/NC)C(CCC)CCC. The van der Waals surface area contributed by atoms with Gasteiger partial charge in [0.2, 0.25) is 0 Å². The summed E-state index contributed by atoms with van der Waals surface area (Å²) in [6, 6.07) is 0.